The molecule has 2 fully saturated rings. The fourth-order valence-corrected chi connectivity index (χ4v) is 6.73. The Morgan fingerprint density at radius 2 is 2.00 bits per heavy atom. The van der Waals surface area contributed by atoms with E-state index in [0.717, 1.165) is 48.8 Å². The highest BCUT2D eigenvalue weighted by atomic mass is 32.2. The number of hydrogen-bond acceptors (Lipinski definition) is 3. The SMILES string of the molecule is CCC(C)C1=C(S(=O)(=O)O)C=C2C(=CC1)CCC1C(C)(C(=O)O)CCCC21C. The number of aliphatic carboxylic acids is 1. The van der Waals surface area contributed by atoms with Crippen molar-refractivity contribution in [2.24, 2.45) is 22.7 Å². The van der Waals surface area contributed by atoms with Crippen molar-refractivity contribution in [3.8, 4) is 0 Å². The van der Waals surface area contributed by atoms with Gasteiger partial charge in [0, 0.05) is 0 Å². The van der Waals surface area contributed by atoms with Crippen molar-refractivity contribution in [3.63, 3.8) is 0 Å². The van der Waals surface area contributed by atoms with Crippen molar-refractivity contribution in [1.29, 1.82) is 0 Å². The van der Waals surface area contributed by atoms with Gasteiger partial charge in [-0.15, -0.1) is 0 Å². The molecule has 0 bridgehead atoms. The Morgan fingerprint density at radius 1 is 1.32 bits per heavy atom. The largest absolute Gasteiger partial charge is 0.481 e. The minimum atomic E-state index is -4.36. The Kier molecular flexibility index (Phi) is 5.43. The van der Waals surface area contributed by atoms with E-state index in [1.807, 2.05) is 20.8 Å². The first-order valence-electron chi connectivity index (χ1n) is 10.3. The minimum Gasteiger partial charge on any atom is -0.481 e. The molecule has 0 heterocycles. The van der Waals surface area contributed by atoms with E-state index in [1.165, 1.54) is 0 Å². The lowest BCUT2D eigenvalue weighted by atomic mass is 9.49. The molecule has 3 aliphatic carbocycles. The van der Waals surface area contributed by atoms with Crippen LogP contribution in [0.1, 0.15) is 72.6 Å². The summed E-state index contributed by atoms with van der Waals surface area (Å²) >= 11 is 0. The smallest absolute Gasteiger partial charge is 0.309 e. The highest BCUT2D eigenvalue weighted by molar-refractivity contribution is 7.90. The number of hydrogen-bond donors (Lipinski definition) is 2. The number of allylic oxidation sites excluding steroid dienone is 5. The number of fused-ring (bicyclic) bond motifs is 3. The molecule has 0 aliphatic heterocycles. The lowest BCUT2D eigenvalue weighted by Crippen LogP contribution is -2.50. The zero-order valence-electron chi connectivity index (χ0n) is 17.3. The molecule has 0 saturated heterocycles. The predicted molar refractivity (Wildman–Crippen MR) is 109 cm³/mol. The molecule has 0 amide bonds. The van der Waals surface area contributed by atoms with Crippen LogP contribution in [0.25, 0.3) is 0 Å². The molecule has 4 unspecified atom stereocenters. The van der Waals surface area contributed by atoms with Gasteiger partial charge in [0.25, 0.3) is 10.1 Å². The molecule has 3 rings (SSSR count). The number of carbonyl (C=O) groups is 1. The van der Waals surface area contributed by atoms with E-state index >= 15 is 0 Å². The van der Waals surface area contributed by atoms with Gasteiger partial charge in [0.05, 0.1) is 10.3 Å². The van der Waals surface area contributed by atoms with E-state index in [4.69, 9.17) is 0 Å². The molecule has 2 saturated carbocycles. The minimum absolute atomic E-state index is 0.0209. The first-order chi connectivity index (χ1) is 12.9. The number of carboxylic acid groups (broad SMARTS) is 1. The van der Waals surface area contributed by atoms with Gasteiger partial charge in [-0.25, -0.2) is 0 Å². The topological polar surface area (TPSA) is 91.7 Å². The van der Waals surface area contributed by atoms with Crippen molar-refractivity contribution < 1.29 is 22.9 Å². The Hall–Kier alpha value is -1.40. The second kappa shape index (κ2) is 7.13. The third kappa shape index (κ3) is 3.28. The lowest BCUT2D eigenvalue weighted by Gasteiger charge is -2.54. The van der Waals surface area contributed by atoms with Gasteiger partial charge in [-0.1, -0.05) is 33.3 Å². The molecule has 28 heavy (non-hydrogen) atoms. The van der Waals surface area contributed by atoms with Gasteiger partial charge in [-0.05, 0) is 85.5 Å². The average Bonchev–Trinajstić information content (AvgIpc) is 2.81. The molecule has 2 N–H and O–H groups in total. The van der Waals surface area contributed by atoms with E-state index in [2.05, 4.69) is 13.0 Å². The quantitative estimate of drug-likeness (QED) is 0.630. The van der Waals surface area contributed by atoms with E-state index in [0.29, 0.717) is 12.8 Å². The van der Waals surface area contributed by atoms with Crippen LogP contribution in [0.15, 0.2) is 33.8 Å². The van der Waals surface area contributed by atoms with Crippen LogP contribution in [-0.2, 0) is 14.9 Å². The molecule has 0 aromatic carbocycles. The summed E-state index contributed by atoms with van der Waals surface area (Å²) in [6.45, 7) is 7.92. The molecule has 3 aliphatic rings. The zero-order chi connectivity index (χ0) is 20.9. The van der Waals surface area contributed by atoms with E-state index in [9.17, 15) is 22.9 Å². The van der Waals surface area contributed by atoms with Crippen LogP contribution >= 0.6 is 0 Å². The van der Waals surface area contributed by atoms with Crippen LogP contribution in [0.2, 0.25) is 0 Å². The molecule has 4 atom stereocenters. The summed E-state index contributed by atoms with van der Waals surface area (Å²) in [4.78, 5) is 12.1. The van der Waals surface area contributed by atoms with Gasteiger partial charge in [0.15, 0.2) is 0 Å². The lowest BCUT2D eigenvalue weighted by molar-refractivity contribution is -0.159. The van der Waals surface area contributed by atoms with Gasteiger partial charge < -0.3 is 5.11 Å². The summed E-state index contributed by atoms with van der Waals surface area (Å²) in [6.07, 6.45) is 8.91. The fourth-order valence-electron chi connectivity index (χ4n) is 5.85. The summed E-state index contributed by atoms with van der Waals surface area (Å²) in [5, 5.41) is 9.95. The van der Waals surface area contributed by atoms with Gasteiger partial charge in [0.1, 0.15) is 0 Å². The third-order valence-corrected chi connectivity index (χ3v) is 8.66. The standard InChI is InChI=1S/C22H32O5S/c1-5-14(2)16-9-7-15-8-10-19-21(3,11-6-12-22(19,4)20(23)24)17(15)13-18(16)28(25,26)27/h7,13-14,19H,5-6,8-12H2,1-4H3,(H,23,24)(H,25,26,27). The summed E-state index contributed by atoms with van der Waals surface area (Å²) < 4.78 is 34.6. The monoisotopic (exact) mass is 408 g/mol. The van der Waals surface area contributed by atoms with Gasteiger partial charge >= 0.3 is 5.97 Å². The summed E-state index contributed by atoms with van der Waals surface area (Å²) in [6, 6.07) is 0. The first kappa shape index (κ1) is 21.3. The molecule has 0 aromatic heterocycles. The van der Waals surface area contributed by atoms with Crippen LogP contribution in [0.5, 0.6) is 0 Å². The number of carboxylic acids is 1. The first-order valence-corrected chi connectivity index (χ1v) is 11.7. The normalized spacial score (nSPS) is 34.5. The Balaban J connectivity index is 2.21. The zero-order valence-corrected chi connectivity index (χ0v) is 18.1. The molecular weight excluding hydrogens is 376 g/mol. The second-order valence-corrected chi connectivity index (χ2v) is 10.6. The van der Waals surface area contributed by atoms with Crippen molar-refractivity contribution in [3.05, 3.63) is 33.8 Å². The van der Waals surface area contributed by atoms with Crippen LogP contribution in [0.4, 0.5) is 0 Å². The highest BCUT2D eigenvalue weighted by Crippen LogP contribution is 2.61. The van der Waals surface area contributed by atoms with Crippen LogP contribution < -0.4 is 0 Å². The van der Waals surface area contributed by atoms with Gasteiger partial charge in [-0.3, -0.25) is 9.35 Å². The number of rotatable bonds is 4. The van der Waals surface area contributed by atoms with E-state index in [-0.39, 0.29) is 16.7 Å². The van der Waals surface area contributed by atoms with E-state index in [1.54, 1.807) is 6.08 Å². The molecular formula is C22H32O5S. The molecule has 0 radical (unpaired) electrons. The van der Waals surface area contributed by atoms with Crippen molar-refractivity contribution in [1.82, 2.24) is 0 Å². The van der Waals surface area contributed by atoms with Crippen molar-refractivity contribution in [2.45, 2.75) is 72.6 Å². The third-order valence-electron chi connectivity index (χ3n) is 7.73. The highest BCUT2D eigenvalue weighted by Gasteiger charge is 2.56. The maximum atomic E-state index is 12.3. The maximum absolute atomic E-state index is 12.3. The summed E-state index contributed by atoms with van der Waals surface area (Å²) in [5.74, 6) is -0.775. The Labute approximate surface area is 168 Å². The van der Waals surface area contributed by atoms with Crippen LogP contribution in [0, 0.1) is 22.7 Å². The van der Waals surface area contributed by atoms with Gasteiger partial charge in [-0.2, -0.15) is 8.42 Å². The molecule has 5 nitrogen and oxygen atoms in total. The van der Waals surface area contributed by atoms with Crippen molar-refractivity contribution >= 4 is 16.1 Å². The molecule has 0 spiro atoms. The van der Waals surface area contributed by atoms with Crippen LogP contribution in [0.3, 0.4) is 0 Å². The van der Waals surface area contributed by atoms with Gasteiger partial charge in [0.2, 0.25) is 0 Å². The fraction of sp³-hybridized carbons (Fsp3) is 0.682. The average molecular weight is 409 g/mol. The maximum Gasteiger partial charge on any atom is 0.309 e. The summed E-state index contributed by atoms with van der Waals surface area (Å²) in [7, 11) is -4.36. The van der Waals surface area contributed by atoms with Crippen molar-refractivity contribution in [2.75, 3.05) is 0 Å². The molecule has 0 aromatic rings. The Bertz CT molecular complexity index is 879. The van der Waals surface area contributed by atoms with Crippen LogP contribution in [-0.4, -0.2) is 24.0 Å². The second-order valence-electron chi connectivity index (χ2n) is 9.25. The van der Waals surface area contributed by atoms with E-state index < -0.39 is 26.9 Å². The summed E-state index contributed by atoms with van der Waals surface area (Å²) in [5.41, 5.74) is 1.56. The predicted octanol–water partition coefficient (Wildman–Crippen LogP) is 5.12. The molecule has 156 valence electrons. The molecule has 6 heteroatoms. The Morgan fingerprint density at radius 3 is 2.57 bits per heavy atom.